The number of nitrogens with zero attached hydrogens (tertiary/aromatic N) is 1. The molecule has 1 nitrogen and oxygen atoms in total. The highest BCUT2D eigenvalue weighted by molar-refractivity contribution is 6.30. The molecule has 0 fully saturated rings. The monoisotopic (exact) mass is 204 g/mol. The van der Waals surface area contributed by atoms with Crippen molar-refractivity contribution in [1.82, 2.24) is 0 Å². The van der Waals surface area contributed by atoms with Crippen molar-refractivity contribution in [3.63, 3.8) is 0 Å². The Balaban J connectivity index is 2.16. The summed E-state index contributed by atoms with van der Waals surface area (Å²) in [5.41, 5.74) is 1.29. The minimum absolute atomic E-state index is 0.773. The third-order valence-corrected chi connectivity index (χ3v) is 2.31. The molecular weight excluding hydrogens is 194 g/mol. The lowest BCUT2D eigenvalue weighted by molar-refractivity contribution is -0.688. The third-order valence-electron chi connectivity index (χ3n) is 2.06. The summed E-state index contributed by atoms with van der Waals surface area (Å²) in [4.78, 5) is 0. The summed E-state index contributed by atoms with van der Waals surface area (Å²) in [6.45, 7) is 0.887. The van der Waals surface area contributed by atoms with E-state index in [1.54, 1.807) is 0 Å². The molecule has 1 aromatic carbocycles. The van der Waals surface area contributed by atoms with E-state index >= 15 is 0 Å². The zero-order valence-electron chi connectivity index (χ0n) is 7.73. The molecule has 0 saturated heterocycles. The Bertz CT molecular complexity index is 394. The van der Waals surface area contributed by atoms with E-state index in [2.05, 4.69) is 16.7 Å². The van der Waals surface area contributed by atoms with E-state index in [0.29, 0.717) is 0 Å². The van der Waals surface area contributed by atoms with Crippen LogP contribution in [0.15, 0.2) is 54.9 Å². The van der Waals surface area contributed by atoms with Crippen molar-refractivity contribution < 1.29 is 4.57 Å². The first-order chi connectivity index (χ1) is 6.84. The van der Waals surface area contributed by atoms with Crippen LogP contribution in [0.5, 0.6) is 0 Å². The molecule has 2 rings (SSSR count). The summed E-state index contributed by atoms with van der Waals surface area (Å²) < 4.78 is 2.10. The van der Waals surface area contributed by atoms with Gasteiger partial charge in [-0.25, -0.2) is 4.57 Å². The number of aromatic nitrogens is 1. The molecule has 0 aliphatic carbocycles. The largest absolute Gasteiger partial charge is 0.201 e. The van der Waals surface area contributed by atoms with Crippen molar-refractivity contribution in [1.29, 1.82) is 0 Å². The van der Waals surface area contributed by atoms with Crippen molar-refractivity contribution in [2.45, 2.75) is 6.54 Å². The predicted octanol–water partition coefficient (Wildman–Crippen LogP) is 2.68. The SMILES string of the molecule is Clc1cc[n+](Cc2ccccc2)cc1. The van der Waals surface area contributed by atoms with Crippen LogP contribution >= 0.6 is 11.6 Å². The quantitative estimate of drug-likeness (QED) is 0.663. The summed E-state index contributed by atoms with van der Waals surface area (Å²) in [6.07, 6.45) is 3.96. The molecule has 1 aromatic heterocycles. The molecule has 0 aliphatic rings. The molecule has 1 heterocycles. The lowest BCUT2D eigenvalue weighted by atomic mass is 10.2. The lowest BCUT2D eigenvalue weighted by Gasteiger charge is -1.96. The van der Waals surface area contributed by atoms with Crippen molar-refractivity contribution in [2.24, 2.45) is 0 Å². The maximum Gasteiger partial charge on any atom is 0.173 e. The topological polar surface area (TPSA) is 3.88 Å². The first kappa shape index (κ1) is 9.22. The van der Waals surface area contributed by atoms with E-state index in [9.17, 15) is 0 Å². The number of pyridine rings is 1. The van der Waals surface area contributed by atoms with Gasteiger partial charge < -0.3 is 0 Å². The fourth-order valence-corrected chi connectivity index (χ4v) is 1.45. The van der Waals surface area contributed by atoms with E-state index in [-0.39, 0.29) is 0 Å². The summed E-state index contributed by atoms with van der Waals surface area (Å²) in [7, 11) is 0. The molecule has 0 radical (unpaired) electrons. The molecule has 2 heteroatoms. The predicted molar refractivity (Wildman–Crippen MR) is 57.2 cm³/mol. The zero-order valence-corrected chi connectivity index (χ0v) is 8.48. The van der Waals surface area contributed by atoms with Gasteiger partial charge in [0.2, 0.25) is 0 Å². The lowest BCUT2D eigenvalue weighted by Crippen LogP contribution is -2.32. The fraction of sp³-hybridized carbons (Fsp3) is 0.0833. The van der Waals surface area contributed by atoms with E-state index in [0.717, 1.165) is 11.6 Å². The standard InChI is InChI=1S/C12H11ClN/c13-12-6-8-14(9-7-12)10-11-4-2-1-3-5-11/h1-9H,10H2/q+1. The molecule has 2 aromatic rings. The Hall–Kier alpha value is -1.34. The smallest absolute Gasteiger partial charge is 0.173 e. The van der Waals surface area contributed by atoms with Crippen LogP contribution in [0.2, 0.25) is 5.02 Å². The third kappa shape index (κ3) is 2.33. The number of rotatable bonds is 2. The highest BCUT2D eigenvalue weighted by atomic mass is 35.5. The molecule has 0 atom stereocenters. The fourth-order valence-electron chi connectivity index (χ4n) is 1.34. The van der Waals surface area contributed by atoms with Crippen molar-refractivity contribution in [3.05, 3.63) is 65.4 Å². The van der Waals surface area contributed by atoms with Crippen molar-refractivity contribution in [2.75, 3.05) is 0 Å². The molecule has 0 saturated carbocycles. The number of hydrogen-bond acceptors (Lipinski definition) is 0. The Morgan fingerprint density at radius 3 is 2.21 bits per heavy atom. The first-order valence-electron chi connectivity index (χ1n) is 4.53. The van der Waals surface area contributed by atoms with Gasteiger partial charge in [0.05, 0.1) is 5.02 Å². The second-order valence-electron chi connectivity index (χ2n) is 3.17. The van der Waals surface area contributed by atoms with E-state index in [1.807, 2.05) is 42.7 Å². The molecule has 0 N–H and O–H groups in total. The Morgan fingerprint density at radius 2 is 1.57 bits per heavy atom. The second-order valence-corrected chi connectivity index (χ2v) is 3.61. The summed E-state index contributed by atoms with van der Waals surface area (Å²) in [5.74, 6) is 0. The maximum absolute atomic E-state index is 5.80. The molecule has 70 valence electrons. The van der Waals surface area contributed by atoms with Gasteiger partial charge >= 0.3 is 0 Å². The Morgan fingerprint density at radius 1 is 0.929 bits per heavy atom. The summed E-state index contributed by atoms with van der Waals surface area (Å²) >= 11 is 5.80. The van der Waals surface area contributed by atoms with Crippen LogP contribution in [0.4, 0.5) is 0 Å². The average molecular weight is 205 g/mol. The highest BCUT2D eigenvalue weighted by Crippen LogP contribution is 2.03. The van der Waals surface area contributed by atoms with Gasteiger partial charge in [-0.1, -0.05) is 41.9 Å². The Labute approximate surface area is 88.6 Å². The first-order valence-corrected chi connectivity index (χ1v) is 4.91. The molecule has 0 spiro atoms. The van der Waals surface area contributed by atoms with Crippen LogP contribution < -0.4 is 4.57 Å². The Kier molecular flexibility index (Phi) is 2.80. The van der Waals surface area contributed by atoms with Crippen molar-refractivity contribution in [3.8, 4) is 0 Å². The molecule has 0 unspecified atom stereocenters. The molecular formula is C12H11ClN+. The summed E-state index contributed by atoms with van der Waals surface area (Å²) in [5, 5.41) is 0.773. The molecule has 0 amide bonds. The van der Waals surface area contributed by atoms with E-state index < -0.39 is 0 Å². The van der Waals surface area contributed by atoms with Crippen LogP contribution in [0, 0.1) is 0 Å². The van der Waals surface area contributed by atoms with E-state index in [4.69, 9.17) is 11.6 Å². The van der Waals surface area contributed by atoms with Crippen LogP contribution in [0.3, 0.4) is 0 Å². The number of hydrogen-bond donors (Lipinski definition) is 0. The zero-order chi connectivity index (χ0) is 9.80. The molecule has 0 aliphatic heterocycles. The van der Waals surface area contributed by atoms with Gasteiger partial charge in [-0.15, -0.1) is 0 Å². The minimum Gasteiger partial charge on any atom is -0.201 e. The van der Waals surface area contributed by atoms with Gasteiger partial charge in [-0.2, -0.15) is 0 Å². The van der Waals surface area contributed by atoms with Crippen LogP contribution in [-0.4, -0.2) is 0 Å². The number of benzene rings is 1. The van der Waals surface area contributed by atoms with E-state index in [1.165, 1.54) is 5.56 Å². The van der Waals surface area contributed by atoms with Gasteiger partial charge in [0.15, 0.2) is 18.9 Å². The van der Waals surface area contributed by atoms with Gasteiger partial charge in [0.1, 0.15) is 0 Å². The summed E-state index contributed by atoms with van der Waals surface area (Å²) in [6, 6.07) is 14.1. The van der Waals surface area contributed by atoms with Gasteiger partial charge in [0.25, 0.3) is 0 Å². The van der Waals surface area contributed by atoms with Gasteiger partial charge in [-0.3, -0.25) is 0 Å². The second kappa shape index (κ2) is 4.25. The van der Waals surface area contributed by atoms with Gasteiger partial charge in [0, 0.05) is 17.7 Å². The maximum atomic E-state index is 5.80. The van der Waals surface area contributed by atoms with Crippen LogP contribution in [0.1, 0.15) is 5.56 Å². The minimum atomic E-state index is 0.773. The van der Waals surface area contributed by atoms with Crippen molar-refractivity contribution >= 4 is 11.6 Å². The van der Waals surface area contributed by atoms with Gasteiger partial charge in [-0.05, 0) is 0 Å². The average Bonchev–Trinajstić information content (AvgIpc) is 2.23. The normalized spacial score (nSPS) is 10.1. The molecule has 14 heavy (non-hydrogen) atoms. The van der Waals surface area contributed by atoms with Crippen LogP contribution in [-0.2, 0) is 6.54 Å². The highest BCUT2D eigenvalue weighted by Gasteiger charge is 2.00. The number of halogens is 1. The van der Waals surface area contributed by atoms with Crippen LogP contribution in [0.25, 0.3) is 0 Å². The molecule has 0 bridgehead atoms.